The van der Waals surface area contributed by atoms with Gasteiger partial charge in [0.2, 0.25) is 0 Å². The summed E-state index contributed by atoms with van der Waals surface area (Å²) in [4.78, 5) is 0. The summed E-state index contributed by atoms with van der Waals surface area (Å²) in [6, 6.07) is 4.90. The van der Waals surface area contributed by atoms with E-state index in [0.29, 0.717) is 0 Å². The van der Waals surface area contributed by atoms with E-state index in [2.05, 4.69) is 53.7 Å². The molecule has 0 spiro atoms. The molecule has 1 aromatic carbocycles. The number of benzene rings is 1. The van der Waals surface area contributed by atoms with Gasteiger partial charge in [-0.3, -0.25) is 0 Å². The Bertz CT molecular complexity index is 536. The van der Waals surface area contributed by atoms with Crippen LogP contribution >= 0.6 is 0 Å². The van der Waals surface area contributed by atoms with Gasteiger partial charge in [0.05, 0.1) is 0 Å². The lowest BCUT2D eigenvalue weighted by molar-refractivity contribution is 0.407. The van der Waals surface area contributed by atoms with E-state index < -0.39 is 0 Å². The van der Waals surface area contributed by atoms with Crippen LogP contribution in [0.4, 0.5) is 0 Å². The lowest BCUT2D eigenvalue weighted by atomic mass is 9.67. The summed E-state index contributed by atoms with van der Waals surface area (Å²) in [6.07, 6.45) is 7.07. The average Bonchev–Trinajstić information content (AvgIpc) is 2.83. The fraction of sp³-hybridized carbons (Fsp3) is 0.714. The van der Waals surface area contributed by atoms with E-state index in [1.165, 1.54) is 32.1 Å². The molecule has 0 bridgehead atoms. The number of fused-ring (bicyclic) bond motifs is 3. The van der Waals surface area contributed by atoms with Gasteiger partial charge in [-0.15, -0.1) is 0 Å². The molecule has 0 radical (unpaired) electrons. The van der Waals surface area contributed by atoms with Crippen molar-refractivity contribution in [1.29, 1.82) is 0 Å². The van der Waals surface area contributed by atoms with Crippen molar-refractivity contribution in [3.63, 3.8) is 0 Å². The first-order valence-electron chi connectivity index (χ1n) is 8.86. The molecular formula is C21H32. The highest BCUT2D eigenvalue weighted by atomic mass is 14.4. The Labute approximate surface area is 131 Å². The Kier molecular flexibility index (Phi) is 3.50. The zero-order valence-corrected chi connectivity index (χ0v) is 14.8. The molecular weight excluding hydrogens is 252 g/mol. The molecule has 116 valence electrons. The molecule has 2 aliphatic carbocycles. The van der Waals surface area contributed by atoms with Crippen molar-refractivity contribution < 1.29 is 0 Å². The van der Waals surface area contributed by atoms with Crippen molar-refractivity contribution in [2.45, 2.75) is 90.4 Å². The fourth-order valence-electron chi connectivity index (χ4n) is 4.81. The molecule has 0 heterocycles. The molecule has 1 aromatic rings. The van der Waals surface area contributed by atoms with Gasteiger partial charge in [-0.05, 0) is 70.6 Å². The van der Waals surface area contributed by atoms with Crippen LogP contribution in [0.3, 0.4) is 0 Å². The third kappa shape index (κ3) is 2.56. The van der Waals surface area contributed by atoms with E-state index in [-0.39, 0.29) is 10.8 Å². The molecule has 0 saturated heterocycles. The minimum atomic E-state index is 0.269. The second-order valence-corrected chi connectivity index (χ2v) is 9.39. The van der Waals surface area contributed by atoms with Crippen molar-refractivity contribution in [3.8, 4) is 0 Å². The van der Waals surface area contributed by atoms with E-state index in [4.69, 9.17) is 0 Å². The Morgan fingerprint density at radius 1 is 0.810 bits per heavy atom. The Hall–Kier alpha value is -0.780. The third-order valence-corrected chi connectivity index (χ3v) is 5.77. The highest BCUT2D eigenvalue weighted by Gasteiger charge is 2.38. The van der Waals surface area contributed by atoms with E-state index >= 15 is 0 Å². The maximum absolute atomic E-state index is 2.46. The van der Waals surface area contributed by atoms with Crippen LogP contribution in [-0.2, 0) is 17.3 Å². The smallest absolute Gasteiger partial charge is 0.0128 e. The maximum Gasteiger partial charge on any atom is -0.0128 e. The second-order valence-electron chi connectivity index (χ2n) is 9.39. The largest absolute Gasteiger partial charge is 0.0579 e. The predicted octanol–water partition coefficient (Wildman–Crippen LogP) is 6.11. The van der Waals surface area contributed by atoms with Crippen LogP contribution in [-0.4, -0.2) is 0 Å². The van der Waals surface area contributed by atoms with Gasteiger partial charge < -0.3 is 0 Å². The van der Waals surface area contributed by atoms with Crippen LogP contribution in [0.1, 0.15) is 95.4 Å². The summed E-state index contributed by atoms with van der Waals surface area (Å²) in [5, 5.41) is 0. The molecule has 1 fully saturated rings. The van der Waals surface area contributed by atoms with Crippen molar-refractivity contribution in [2.24, 2.45) is 5.92 Å². The van der Waals surface area contributed by atoms with Gasteiger partial charge in [0, 0.05) is 0 Å². The first-order chi connectivity index (χ1) is 9.69. The molecule has 0 amide bonds. The summed E-state index contributed by atoms with van der Waals surface area (Å²) < 4.78 is 0. The minimum absolute atomic E-state index is 0.269. The van der Waals surface area contributed by atoms with Crippen LogP contribution in [0, 0.1) is 5.92 Å². The van der Waals surface area contributed by atoms with Gasteiger partial charge in [0.15, 0.2) is 0 Å². The van der Waals surface area contributed by atoms with Gasteiger partial charge in [-0.1, -0.05) is 60.1 Å². The molecule has 0 aliphatic heterocycles. The number of rotatable bonds is 0. The average molecular weight is 284 g/mol. The summed E-state index contributed by atoms with van der Waals surface area (Å²) in [6.45, 7) is 14.3. The molecule has 1 saturated carbocycles. The highest BCUT2D eigenvalue weighted by molar-refractivity contribution is 5.50. The van der Waals surface area contributed by atoms with Crippen LogP contribution in [0.25, 0.3) is 0 Å². The highest BCUT2D eigenvalue weighted by Crippen LogP contribution is 2.51. The first-order valence-corrected chi connectivity index (χ1v) is 8.86. The lowest BCUT2D eigenvalue weighted by Gasteiger charge is -2.38. The summed E-state index contributed by atoms with van der Waals surface area (Å²) >= 11 is 0. The maximum atomic E-state index is 2.46. The van der Waals surface area contributed by atoms with Crippen LogP contribution < -0.4 is 0 Å². The van der Waals surface area contributed by atoms with Gasteiger partial charge in [0.1, 0.15) is 0 Å². The predicted molar refractivity (Wildman–Crippen MR) is 92.2 cm³/mol. The van der Waals surface area contributed by atoms with Crippen molar-refractivity contribution in [2.75, 3.05) is 0 Å². The van der Waals surface area contributed by atoms with E-state index in [9.17, 15) is 0 Å². The monoisotopic (exact) mass is 284 g/mol. The standard InChI is InChI=1S/C21H32/c1-20(2,3)17-12-13-18(21(4,5)6)19-15-9-7-8-14(15)10-11-16(17)19/h12-15H,7-11H2,1-6H3. The lowest BCUT2D eigenvalue weighted by Crippen LogP contribution is -2.27. The van der Waals surface area contributed by atoms with E-state index in [0.717, 1.165) is 11.8 Å². The summed E-state index contributed by atoms with van der Waals surface area (Å²) in [5.74, 6) is 1.82. The topological polar surface area (TPSA) is 0 Å². The fourth-order valence-corrected chi connectivity index (χ4v) is 4.81. The zero-order chi connectivity index (χ0) is 15.4. The molecule has 0 nitrogen and oxygen atoms in total. The zero-order valence-electron chi connectivity index (χ0n) is 14.8. The number of hydrogen-bond donors (Lipinski definition) is 0. The van der Waals surface area contributed by atoms with Gasteiger partial charge in [-0.25, -0.2) is 0 Å². The molecule has 2 unspecified atom stereocenters. The SMILES string of the molecule is CC(C)(C)c1ccc(C(C)(C)C)c2c1CCC1CCCC21. The quantitative estimate of drug-likeness (QED) is 0.539. The third-order valence-electron chi connectivity index (χ3n) is 5.77. The summed E-state index contributed by atoms with van der Waals surface area (Å²) in [7, 11) is 0. The minimum Gasteiger partial charge on any atom is -0.0579 e. The first kappa shape index (κ1) is 15.1. The Morgan fingerprint density at radius 3 is 2.05 bits per heavy atom. The van der Waals surface area contributed by atoms with Gasteiger partial charge in [-0.2, -0.15) is 0 Å². The molecule has 0 heteroatoms. The van der Waals surface area contributed by atoms with Crippen LogP contribution in [0.15, 0.2) is 12.1 Å². The second kappa shape index (κ2) is 4.86. The molecule has 2 aliphatic rings. The van der Waals surface area contributed by atoms with Gasteiger partial charge >= 0.3 is 0 Å². The van der Waals surface area contributed by atoms with Gasteiger partial charge in [0.25, 0.3) is 0 Å². The summed E-state index contributed by atoms with van der Waals surface area (Å²) in [5.41, 5.74) is 7.26. The van der Waals surface area contributed by atoms with Crippen molar-refractivity contribution >= 4 is 0 Å². The van der Waals surface area contributed by atoms with Crippen molar-refractivity contribution in [1.82, 2.24) is 0 Å². The van der Waals surface area contributed by atoms with E-state index in [1.807, 2.05) is 0 Å². The molecule has 21 heavy (non-hydrogen) atoms. The van der Waals surface area contributed by atoms with Crippen LogP contribution in [0.2, 0.25) is 0 Å². The van der Waals surface area contributed by atoms with Crippen LogP contribution in [0.5, 0.6) is 0 Å². The van der Waals surface area contributed by atoms with E-state index in [1.54, 1.807) is 22.3 Å². The van der Waals surface area contributed by atoms with Crippen molar-refractivity contribution in [3.05, 3.63) is 34.4 Å². The Morgan fingerprint density at radius 2 is 1.43 bits per heavy atom. The number of hydrogen-bond acceptors (Lipinski definition) is 0. The Balaban J connectivity index is 2.23. The molecule has 0 N–H and O–H groups in total. The molecule has 2 atom stereocenters. The normalized spacial score (nSPS) is 25.6. The molecule has 0 aromatic heterocycles. The molecule has 3 rings (SSSR count).